The van der Waals surface area contributed by atoms with Crippen molar-refractivity contribution >= 4 is 16.9 Å². The fraction of sp³-hybridized carbons (Fsp3) is 0.500. The van der Waals surface area contributed by atoms with Gasteiger partial charge in [0.15, 0.2) is 0 Å². The zero-order chi connectivity index (χ0) is 15.9. The van der Waals surface area contributed by atoms with E-state index in [0.717, 1.165) is 26.1 Å². The Bertz CT molecular complexity index is 717. The molecule has 4 nitrogen and oxygen atoms in total. The average molecular weight is 300 g/mol. The lowest BCUT2D eigenvalue weighted by atomic mass is 9.99. The second-order valence-corrected chi connectivity index (χ2v) is 6.33. The number of nitrogens with zero attached hydrogens (tertiary/aromatic N) is 2. The van der Waals surface area contributed by atoms with Gasteiger partial charge in [-0.05, 0) is 41.8 Å². The van der Waals surface area contributed by atoms with E-state index < -0.39 is 0 Å². The van der Waals surface area contributed by atoms with Gasteiger partial charge in [-0.25, -0.2) is 0 Å². The van der Waals surface area contributed by atoms with Gasteiger partial charge < -0.3 is 9.30 Å². The van der Waals surface area contributed by atoms with Crippen molar-refractivity contribution in [2.45, 2.75) is 33.4 Å². The SMILES string of the molecule is CCN1Cc2cc3c(CC(C)C(=O)OC)cn(C)c3cc2C1. The number of carbonyl (C=O) groups excluding carboxylic acids is 1. The lowest BCUT2D eigenvalue weighted by molar-refractivity contribution is -0.144. The molecule has 1 atom stereocenters. The highest BCUT2D eigenvalue weighted by atomic mass is 16.5. The topological polar surface area (TPSA) is 34.5 Å². The second kappa shape index (κ2) is 5.76. The van der Waals surface area contributed by atoms with Crippen molar-refractivity contribution in [1.82, 2.24) is 9.47 Å². The summed E-state index contributed by atoms with van der Waals surface area (Å²) in [6.07, 6.45) is 2.87. The Morgan fingerprint density at radius 2 is 2.00 bits per heavy atom. The molecule has 0 bridgehead atoms. The molecule has 0 N–H and O–H groups in total. The highest BCUT2D eigenvalue weighted by molar-refractivity contribution is 5.86. The van der Waals surface area contributed by atoms with Gasteiger partial charge >= 0.3 is 5.97 Å². The molecule has 0 radical (unpaired) electrons. The second-order valence-electron chi connectivity index (χ2n) is 6.33. The minimum absolute atomic E-state index is 0.115. The molecule has 118 valence electrons. The number of benzene rings is 1. The van der Waals surface area contributed by atoms with E-state index >= 15 is 0 Å². The van der Waals surface area contributed by atoms with Crippen LogP contribution in [0.15, 0.2) is 18.3 Å². The number of hydrogen-bond acceptors (Lipinski definition) is 3. The van der Waals surface area contributed by atoms with Crippen LogP contribution in [0.25, 0.3) is 10.9 Å². The van der Waals surface area contributed by atoms with Gasteiger partial charge in [0.05, 0.1) is 13.0 Å². The third-order valence-electron chi connectivity index (χ3n) is 4.76. The number of aryl methyl sites for hydroxylation is 1. The number of carbonyl (C=O) groups is 1. The van der Waals surface area contributed by atoms with Crippen molar-refractivity contribution in [3.8, 4) is 0 Å². The summed E-state index contributed by atoms with van der Waals surface area (Å²) in [5, 5.41) is 1.27. The molecule has 2 aromatic rings. The molecule has 0 amide bonds. The number of esters is 1. The van der Waals surface area contributed by atoms with Gasteiger partial charge in [0, 0.05) is 37.2 Å². The third kappa shape index (κ3) is 2.52. The van der Waals surface area contributed by atoms with Gasteiger partial charge in [-0.2, -0.15) is 0 Å². The summed E-state index contributed by atoms with van der Waals surface area (Å²) in [4.78, 5) is 14.1. The number of aromatic nitrogens is 1. The van der Waals surface area contributed by atoms with E-state index in [9.17, 15) is 4.79 Å². The maximum atomic E-state index is 11.7. The molecule has 0 saturated carbocycles. The first-order chi connectivity index (χ1) is 10.5. The first kappa shape index (κ1) is 15.1. The Kier molecular flexibility index (Phi) is 3.96. The van der Waals surface area contributed by atoms with Crippen LogP contribution < -0.4 is 0 Å². The maximum Gasteiger partial charge on any atom is 0.308 e. The highest BCUT2D eigenvalue weighted by Crippen LogP contribution is 2.31. The molecule has 0 aliphatic carbocycles. The van der Waals surface area contributed by atoms with Gasteiger partial charge in [0.2, 0.25) is 0 Å². The molecule has 1 unspecified atom stereocenters. The smallest absolute Gasteiger partial charge is 0.308 e. The largest absolute Gasteiger partial charge is 0.469 e. The predicted molar refractivity (Wildman–Crippen MR) is 87.6 cm³/mol. The van der Waals surface area contributed by atoms with Crippen LogP contribution in [0.5, 0.6) is 0 Å². The minimum Gasteiger partial charge on any atom is -0.469 e. The summed E-state index contributed by atoms with van der Waals surface area (Å²) in [6, 6.07) is 4.63. The quantitative estimate of drug-likeness (QED) is 0.814. The molecule has 4 heteroatoms. The van der Waals surface area contributed by atoms with E-state index in [1.54, 1.807) is 0 Å². The molecule has 2 heterocycles. The fourth-order valence-electron chi connectivity index (χ4n) is 3.43. The van der Waals surface area contributed by atoms with E-state index in [1.807, 2.05) is 6.92 Å². The zero-order valence-electron chi connectivity index (χ0n) is 13.8. The molecule has 1 aliphatic rings. The van der Waals surface area contributed by atoms with Gasteiger partial charge in [-0.15, -0.1) is 0 Å². The van der Waals surface area contributed by atoms with E-state index in [4.69, 9.17) is 4.74 Å². The zero-order valence-corrected chi connectivity index (χ0v) is 13.8. The Morgan fingerprint density at radius 1 is 1.32 bits per heavy atom. The summed E-state index contributed by atoms with van der Waals surface area (Å²) < 4.78 is 7.02. The van der Waals surface area contributed by atoms with Crippen molar-refractivity contribution in [3.63, 3.8) is 0 Å². The van der Waals surface area contributed by atoms with Crippen LogP contribution in [0, 0.1) is 5.92 Å². The van der Waals surface area contributed by atoms with E-state index in [-0.39, 0.29) is 11.9 Å². The Hall–Kier alpha value is -1.81. The summed E-state index contributed by atoms with van der Waals surface area (Å²) >= 11 is 0. The molecule has 1 aromatic carbocycles. The van der Waals surface area contributed by atoms with Gasteiger partial charge in [-0.3, -0.25) is 9.69 Å². The molecule has 22 heavy (non-hydrogen) atoms. The van der Waals surface area contributed by atoms with Crippen molar-refractivity contribution in [2.75, 3.05) is 13.7 Å². The molecule has 3 rings (SSSR count). The normalized spacial score (nSPS) is 16.0. The molecule has 0 spiro atoms. The van der Waals surface area contributed by atoms with Crippen LogP contribution in [0.4, 0.5) is 0 Å². The molecule has 0 fully saturated rings. The maximum absolute atomic E-state index is 11.7. The first-order valence-electron chi connectivity index (χ1n) is 7.93. The number of fused-ring (bicyclic) bond motifs is 2. The Labute approximate surface area is 131 Å². The van der Waals surface area contributed by atoms with Crippen molar-refractivity contribution in [2.24, 2.45) is 13.0 Å². The van der Waals surface area contributed by atoms with E-state index in [2.05, 4.69) is 41.8 Å². The summed E-state index contributed by atoms with van der Waals surface area (Å²) in [6.45, 7) is 7.28. The highest BCUT2D eigenvalue weighted by Gasteiger charge is 2.21. The van der Waals surface area contributed by atoms with Crippen molar-refractivity contribution in [3.05, 3.63) is 35.0 Å². The standard InChI is InChI=1S/C18H24N2O2/c1-5-20-10-13-7-16-15(6-12(2)18(21)22-4)9-19(3)17(16)8-14(13)11-20/h7-9,12H,5-6,10-11H2,1-4H3. The molecular weight excluding hydrogens is 276 g/mol. The number of hydrogen-bond donors (Lipinski definition) is 0. The average Bonchev–Trinajstić information content (AvgIpc) is 3.05. The summed E-state index contributed by atoms with van der Waals surface area (Å²) in [5.41, 5.74) is 5.34. The van der Waals surface area contributed by atoms with Gasteiger partial charge in [-0.1, -0.05) is 13.8 Å². The first-order valence-corrected chi connectivity index (χ1v) is 7.93. The lowest BCUT2D eigenvalue weighted by Gasteiger charge is -2.09. The van der Waals surface area contributed by atoms with Crippen LogP contribution >= 0.6 is 0 Å². The van der Waals surface area contributed by atoms with Crippen LogP contribution in [-0.4, -0.2) is 29.1 Å². The fourth-order valence-corrected chi connectivity index (χ4v) is 3.43. The van der Waals surface area contributed by atoms with Gasteiger partial charge in [0.1, 0.15) is 0 Å². The van der Waals surface area contributed by atoms with Crippen molar-refractivity contribution in [1.29, 1.82) is 0 Å². The predicted octanol–water partition coefficient (Wildman–Crippen LogP) is 2.87. The van der Waals surface area contributed by atoms with Crippen LogP contribution in [-0.2, 0) is 36.1 Å². The lowest BCUT2D eigenvalue weighted by Crippen LogP contribution is -2.15. The molecule has 1 aliphatic heterocycles. The molecular formula is C18H24N2O2. The minimum atomic E-state index is -0.143. The number of rotatable bonds is 4. The van der Waals surface area contributed by atoms with E-state index in [0.29, 0.717) is 0 Å². The summed E-state index contributed by atoms with van der Waals surface area (Å²) in [7, 11) is 3.53. The van der Waals surface area contributed by atoms with Crippen LogP contribution in [0.3, 0.4) is 0 Å². The monoisotopic (exact) mass is 300 g/mol. The molecule has 0 saturated heterocycles. The van der Waals surface area contributed by atoms with Crippen LogP contribution in [0.2, 0.25) is 0 Å². The number of methoxy groups -OCH3 is 1. The van der Waals surface area contributed by atoms with Gasteiger partial charge in [0.25, 0.3) is 0 Å². The summed E-state index contributed by atoms with van der Waals surface area (Å²) in [5.74, 6) is -0.258. The van der Waals surface area contributed by atoms with Crippen LogP contribution in [0.1, 0.15) is 30.5 Å². The third-order valence-corrected chi connectivity index (χ3v) is 4.76. The van der Waals surface area contributed by atoms with Crippen molar-refractivity contribution < 1.29 is 9.53 Å². The molecule has 1 aromatic heterocycles. The van der Waals surface area contributed by atoms with E-state index in [1.165, 1.54) is 34.7 Å². The number of ether oxygens (including phenoxy) is 1. The Balaban J connectivity index is 1.98. The Morgan fingerprint density at radius 3 is 2.64 bits per heavy atom.